The average Bonchev–Trinajstić information content (AvgIpc) is 3.23. The number of rotatable bonds is 6. The Morgan fingerprint density at radius 2 is 2.07 bits per heavy atom. The number of ether oxygens (including phenoxy) is 1. The number of hydrogen-bond acceptors (Lipinski definition) is 5. The minimum absolute atomic E-state index is 0.0400. The molecule has 1 atom stereocenters. The van der Waals surface area contributed by atoms with Crippen LogP contribution < -0.4 is 9.64 Å². The molecule has 5 nitrogen and oxygen atoms in total. The van der Waals surface area contributed by atoms with Gasteiger partial charge in [-0.3, -0.25) is 4.79 Å². The van der Waals surface area contributed by atoms with E-state index >= 15 is 0 Å². The third-order valence-corrected chi connectivity index (χ3v) is 5.68. The summed E-state index contributed by atoms with van der Waals surface area (Å²) in [6.45, 7) is 3.23. The minimum atomic E-state index is -0.141. The summed E-state index contributed by atoms with van der Waals surface area (Å²) < 4.78 is 5.96. The Morgan fingerprint density at radius 3 is 2.83 bits per heavy atom. The van der Waals surface area contributed by atoms with Gasteiger partial charge >= 0.3 is 0 Å². The van der Waals surface area contributed by atoms with Gasteiger partial charge in [0.25, 0.3) is 0 Å². The Labute approximate surface area is 180 Å². The van der Waals surface area contributed by atoms with E-state index in [9.17, 15) is 9.90 Å². The Balaban J connectivity index is 1.52. The number of carbonyl (C=O) groups excluding carboxylic acids is 1. The second kappa shape index (κ2) is 8.86. The normalized spacial score (nSPS) is 16.0. The lowest BCUT2D eigenvalue weighted by Crippen LogP contribution is -2.25. The second-order valence-electron chi connectivity index (χ2n) is 7.41. The van der Waals surface area contributed by atoms with E-state index in [4.69, 9.17) is 16.3 Å². The molecular formula is C24H23ClN2O3. The SMILES string of the molecule is Cc1ccccc1C(=O)c1ccc(N2CCC(Oc3ncccc3Cl)C2)c(CO)c1. The molecule has 1 aliphatic heterocycles. The van der Waals surface area contributed by atoms with Crippen molar-refractivity contribution in [1.82, 2.24) is 4.98 Å². The summed E-state index contributed by atoms with van der Waals surface area (Å²) in [4.78, 5) is 19.3. The van der Waals surface area contributed by atoms with Gasteiger partial charge in [-0.15, -0.1) is 0 Å². The molecule has 3 aromatic rings. The van der Waals surface area contributed by atoms with Gasteiger partial charge < -0.3 is 14.7 Å². The lowest BCUT2D eigenvalue weighted by molar-refractivity contribution is 0.103. The molecule has 6 heteroatoms. The zero-order valence-electron chi connectivity index (χ0n) is 16.7. The van der Waals surface area contributed by atoms with Crippen molar-refractivity contribution >= 4 is 23.1 Å². The fraction of sp³-hybridized carbons (Fsp3) is 0.250. The average molecular weight is 423 g/mol. The number of pyridine rings is 1. The van der Waals surface area contributed by atoms with Gasteiger partial charge in [0.15, 0.2) is 5.78 Å². The topological polar surface area (TPSA) is 62.7 Å². The van der Waals surface area contributed by atoms with Gasteiger partial charge in [0, 0.05) is 41.5 Å². The van der Waals surface area contributed by atoms with Crippen LogP contribution in [0, 0.1) is 6.92 Å². The monoisotopic (exact) mass is 422 g/mol. The van der Waals surface area contributed by atoms with Gasteiger partial charge in [0.1, 0.15) is 11.1 Å². The van der Waals surface area contributed by atoms with E-state index < -0.39 is 0 Å². The van der Waals surface area contributed by atoms with Gasteiger partial charge in [0.05, 0.1) is 13.2 Å². The largest absolute Gasteiger partial charge is 0.471 e. The molecule has 1 fully saturated rings. The predicted molar refractivity (Wildman–Crippen MR) is 117 cm³/mol. The number of aliphatic hydroxyl groups is 1. The highest BCUT2D eigenvalue weighted by atomic mass is 35.5. The second-order valence-corrected chi connectivity index (χ2v) is 7.82. The number of aryl methyl sites for hydroxylation is 1. The lowest BCUT2D eigenvalue weighted by atomic mass is 9.97. The fourth-order valence-electron chi connectivity index (χ4n) is 3.80. The van der Waals surface area contributed by atoms with Gasteiger partial charge in [0.2, 0.25) is 5.88 Å². The summed E-state index contributed by atoms with van der Waals surface area (Å²) in [6.07, 6.45) is 2.43. The van der Waals surface area contributed by atoms with Crippen molar-refractivity contribution < 1.29 is 14.6 Å². The first-order valence-electron chi connectivity index (χ1n) is 9.93. The molecule has 0 radical (unpaired) electrons. The van der Waals surface area contributed by atoms with E-state index in [1.54, 1.807) is 24.4 Å². The van der Waals surface area contributed by atoms with Crippen molar-refractivity contribution in [2.75, 3.05) is 18.0 Å². The first-order chi connectivity index (χ1) is 14.6. The maximum Gasteiger partial charge on any atom is 0.232 e. The molecule has 0 bridgehead atoms. The number of benzene rings is 2. The van der Waals surface area contributed by atoms with E-state index in [0.29, 0.717) is 28.6 Å². The maximum absolute atomic E-state index is 12.9. The van der Waals surface area contributed by atoms with E-state index in [1.807, 2.05) is 43.3 Å². The van der Waals surface area contributed by atoms with Crippen LogP contribution in [0.4, 0.5) is 5.69 Å². The van der Waals surface area contributed by atoms with Crippen LogP contribution in [-0.4, -0.2) is 35.1 Å². The maximum atomic E-state index is 12.9. The van der Waals surface area contributed by atoms with Crippen LogP contribution in [0.15, 0.2) is 60.8 Å². The van der Waals surface area contributed by atoms with Gasteiger partial charge in [-0.2, -0.15) is 0 Å². The number of ketones is 1. The molecule has 1 aliphatic rings. The molecule has 2 heterocycles. The zero-order chi connectivity index (χ0) is 21.1. The summed E-state index contributed by atoms with van der Waals surface area (Å²) >= 11 is 6.15. The molecule has 1 saturated heterocycles. The summed E-state index contributed by atoms with van der Waals surface area (Å²) in [5, 5.41) is 10.4. The first kappa shape index (κ1) is 20.4. The van der Waals surface area contributed by atoms with Crippen LogP contribution in [0.2, 0.25) is 5.02 Å². The van der Waals surface area contributed by atoms with E-state index in [0.717, 1.165) is 29.8 Å². The summed E-state index contributed by atoms with van der Waals surface area (Å²) in [5.41, 5.74) is 3.83. The number of halogens is 1. The Morgan fingerprint density at radius 1 is 1.23 bits per heavy atom. The number of hydrogen-bond donors (Lipinski definition) is 1. The number of aromatic nitrogens is 1. The fourth-order valence-corrected chi connectivity index (χ4v) is 3.97. The van der Waals surface area contributed by atoms with E-state index in [1.165, 1.54) is 0 Å². The van der Waals surface area contributed by atoms with Crippen LogP contribution in [0.1, 0.15) is 33.5 Å². The molecule has 0 spiro atoms. The molecule has 0 saturated carbocycles. The summed E-state index contributed by atoms with van der Waals surface area (Å²) in [7, 11) is 0. The molecule has 4 rings (SSSR count). The molecule has 1 aromatic heterocycles. The van der Waals surface area contributed by atoms with Crippen LogP contribution >= 0.6 is 11.6 Å². The number of aliphatic hydroxyl groups excluding tert-OH is 1. The van der Waals surface area contributed by atoms with Crippen LogP contribution in [-0.2, 0) is 6.61 Å². The molecule has 30 heavy (non-hydrogen) atoms. The quantitative estimate of drug-likeness (QED) is 0.595. The van der Waals surface area contributed by atoms with Crippen molar-refractivity contribution in [3.05, 3.63) is 88.1 Å². The van der Waals surface area contributed by atoms with Gasteiger partial charge in [-0.25, -0.2) is 4.98 Å². The standard InChI is InChI=1S/C24H23ClN2O3/c1-16-5-2-3-6-20(16)23(29)17-8-9-22(18(13-17)15-28)27-12-10-19(14-27)30-24-21(25)7-4-11-26-24/h2-9,11,13,19,28H,10,12,14-15H2,1H3. The lowest BCUT2D eigenvalue weighted by Gasteiger charge is -2.22. The molecule has 0 aliphatic carbocycles. The molecule has 1 unspecified atom stereocenters. The highest BCUT2D eigenvalue weighted by Gasteiger charge is 2.27. The Hall–Kier alpha value is -2.89. The summed E-state index contributed by atoms with van der Waals surface area (Å²) in [5.74, 6) is 0.398. The molecule has 0 amide bonds. The third-order valence-electron chi connectivity index (χ3n) is 5.39. The molecule has 2 aromatic carbocycles. The smallest absolute Gasteiger partial charge is 0.232 e. The zero-order valence-corrected chi connectivity index (χ0v) is 17.5. The van der Waals surface area contributed by atoms with Crippen molar-refractivity contribution in [2.45, 2.75) is 26.1 Å². The number of anilines is 1. The van der Waals surface area contributed by atoms with Crippen LogP contribution in [0.5, 0.6) is 5.88 Å². The Kier molecular flexibility index (Phi) is 6.02. The van der Waals surface area contributed by atoms with Crippen molar-refractivity contribution in [3.63, 3.8) is 0 Å². The minimum Gasteiger partial charge on any atom is -0.471 e. The number of carbonyl (C=O) groups is 1. The van der Waals surface area contributed by atoms with Crippen molar-refractivity contribution in [1.29, 1.82) is 0 Å². The number of nitrogens with zero attached hydrogens (tertiary/aromatic N) is 2. The molecule has 154 valence electrons. The highest BCUT2D eigenvalue weighted by molar-refractivity contribution is 6.31. The van der Waals surface area contributed by atoms with Gasteiger partial charge in [-0.1, -0.05) is 35.9 Å². The molecule has 1 N–H and O–H groups in total. The van der Waals surface area contributed by atoms with Crippen molar-refractivity contribution in [2.24, 2.45) is 0 Å². The van der Waals surface area contributed by atoms with E-state index in [-0.39, 0.29) is 18.5 Å². The third kappa shape index (κ3) is 4.18. The van der Waals surface area contributed by atoms with Crippen LogP contribution in [0.3, 0.4) is 0 Å². The summed E-state index contributed by atoms with van der Waals surface area (Å²) in [6, 6.07) is 16.6. The predicted octanol–water partition coefficient (Wildman–Crippen LogP) is 4.42. The van der Waals surface area contributed by atoms with Crippen LogP contribution in [0.25, 0.3) is 0 Å². The first-order valence-corrected chi connectivity index (χ1v) is 10.3. The molecular weight excluding hydrogens is 400 g/mol. The highest BCUT2D eigenvalue weighted by Crippen LogP contribution is 2.30. The van der Waals surface area contributed by atoms with E-state index in [2.05, 4.69) is 9.88 Å². The van der Waals surface area contributed by atoms with Gasteiger partial charge in [-0.05, 0) is 42.8 Å². The Bertz CT molecular complexity index is 1070. The van der Waals surface area contributed by atoms with Crippen molar-refractivity contribution in [3.8, 4) is 5.88 Å².